The first-order chi connectivity index (χ1) is 14.8. The molecule has 0 spiro atoms. The first-order valence-corrected chi connectivity index (χ1v) is 10.8. The molecular formula is C22H26N4O4S. The van der Waals surface area contributed by atoms with Gasteiger partial charge in [0.1, 0.15) is 0 Å². The van der Waals surface area contributed by atoms with Crippen molar-refractivity contribution in [1.29, 1.82) is 5.26 Å². The van der Waals surface area contributed by atoms with E-state index in [-0.39, 0.29) is 23.1 Å². The van der Waals surface area contributed by atoms with Gasteiger partial charge in [-0.3, -0.25) is 14.9 Å². The number of ether oxygens (including phenoxy) is 1. The van der Waals surface area contributed by atoms with Gasteiger partial charge in [0.05, 0.1) is 29.4 Å². The number of carbonyl (C=O) groups excluding carboxylic acids is 1. The topological polar surface area (TPSA) is 99.7 Å². The SMILES string of the molecule is COc1ccc(CSCC(=O)N(CCN(C)C)Cc2ccc(C#N)cc2)cc1[N+](=O)[O-]. The van der Waals surface area contributed by atoms with Crippen molar-refractivity contribution < 1.29 is 14.5 Å². The van der Waals surface area contributed by atoms with Crippen LogP contribution >= 0.6 is 11.8 Å². The molecule has 164 valence electrons. The first-order valence-electron chi connectivity index (χ1n) is 9.64. The first kappa shape index (κ1) is 24.2. The van der Waals surface area contributed by atoms with Gasteiger partial charge in [-0.15, -0.1) is 11.8 Å². The lowest BCUT2D eigenvalue weighted by molar-refractivity contribution is -0.385. The van der Waals surface area contributed by atoms with E-state index in [0.29, 0.717) is 24.4 Å². The molecule has 0 bridgehead atoms. The Labute approximate surface area is 186 Å². The molecule has 8 nitrogen and oxygen atoms in total. The van der Waals surface area contributed by atoms with Crippen molar-refractivity contribution in [3.05, 3.63) is 69.3 Å². The minimum absolute atomic E-state index is 0.000721. The standard InChI is InChI=1S/C22H26N4O4S/c1-24(2)10-11-25(14-18-6-4-17(13-23)5-7-18)22(27)16-31-15-19-8-9-21(30-3)20(12-19)26(28)29/h4-9,12H,10-11,14-16H2,1-3H3. The molecule has 0 aliphatic carbocycles. The number of thioether (sulfide) groups is 1. The number of likely N-dealkylation sites (N-methyl/N-ethyl adjacent to an activating group) is 1. The molecule has 0 aliphatic rings. The Balaban J connectivity index is 2.00. The summed E-state index contributed by atoms with van der Waals surface area (Å²) in [5.41, 5.74) is 2.22. The zero-order valence-electron chi connectivity index (χ0n) is 17.9. The summed E-state index contributed by atoms with van der Waals surface area (Å²) in [6, 6.07) is 14.1. The fourth-order valence-electron chi connectivity index (χ4n) is 2.83. The van der Waals surface area contributed by atoms with Crippen LogP contribution in [0.1, 0.15) is 16.7 Å². The van der Waals surface area contributed by atoms with Crippen LogP contribution in [0.4, 0.5) is 5.69 Å². The van der Waals surface area contributed by atoms with Crippen LogP contribution in [-0.4, -0.2) is 60.7 Å². The molecule has 0 radical (unpaired) electrons. The second-order valence-corrected chi connectivity index (χ2v) is 8.17. The van der Waals surface area contributed by atoms with Crippen molar-refractivity contribution >= 4 is 23.4 Å². The second-order valence-electron chi connectivity index (χ2n) is 7.18. The van der Waals surface area contributed by atoms with Crippen molar-refractivity contribution in [3.63, 3.8) is 0 Å². The van der Waals surface area contributed by atoms with Crippen LogP contribution in [0.3, 0.4) is 0 Å². The zero-order chi connectivity index (χ0) is 22.8. The number of nitro groups is 1. The molecule has 1 amide bonds. The van der Waals surface area contributed by atoms with Gasteiger partial charge in [0.25, 0.3) is 0 Å². The van der Waals surface area contributed by atoms with Crippen molar-refractivity contribution in [2.45, 2.75) is 12.3 Å². The normalized spacial score (nSPS) is 10.5. The molecule has 0 heterocycles. The zero-order valence-corrected chi connectivity index (χ0v) is 18.7. The predicted molar refractivity (Wildman–Crippen MR) is 121 cm³/mol. The Morgan fingerprint density at radius 3 is 2.42 bits per heavy atom. The maximum absolute atomic E-state index is 12.9. The maximum Gasteiger partial charge on any atom is 0.311 e. The third-order valence-corrected chi connectivity index (χ3v) is 5.55. The number of hydrogen-bond donors (Lipinski definition) is 0. The molecule has 2 rings (SSSR count). The highest BCUT2D eigenvalue weighted by molar-refractivity contribution is 7.99. The quantitative estimate of drug-likeness (QED) is 0.389. The summed E-state index contributed by atoms with van der Waals surface area (Å²) in [5, 5.41) is 20.1. The van der Waals surface area contributed by atoms with Gasteiger partial charge in [0.15, 0.2) is 5.75 Å². The van der Waals surface area contributed by atoms with Crippen LogP contribution in [0, 0.1) is 21.4 Å². The van der Waals surface area contributed by atoms with E-state index in [9.17, 15) is 14.9 Å². The van der Waals surface area contributed by atoms with Crippen LogP contribution in [0.15, 0.2) is 42.5 Å². The molecule has 2 aromatic rings. The second kappa shape index (κ2) is 11.9. The fraction of sp³-hybridized carbons (Fsp3) is 0.364. The third-order valence-electron chi connectivity index (χ3n) is 4.56. The number of methoxy groups -OCH3 is 1. The van der Waals surface area contributed by atoms with Crippen LogP contribution in [0.5, 0.6) is 5.75 Å². The van der Waals surface area contributed by atoms with Gasteiger partial charge < -0.3 is 14.5 Å². The number of carbonyl (C=O) groups is 1. The summed E-state index contributed by atoms with van der Waals surface area (Å²) in [6.45, 7) is 1.78. The Morgan fingerprint density at radius 1 is 1.16 bits per heavy atom. The van der Waals surface area contributed by atoms with Gasteiger partial charge in [-0.2, -0.15) is 5.26 Å². The highest BCUT2D eigenvalue weighted by Crippen LogP contribution is 2.29. The van der Waals surface area contributed by atoms with Gasteiger partial charge >= 0.3 is 5.69 Å². The summed E-state index contributed by atoms with van der Waals surface area (Å²) < 4.78 is 5.02. The smallest absolute Gasteiger partial charge is 0.311 e. The van der Waals surface area contributed by atoms with Crippen molar-refractivity contribution in [3.8, 4) is 11.8 Å². The third kappa shape index (κ3) is 7.59. The van der Waals surface area contributed by atoms with E-state index in [1.165, 1.54) is 24.9 Å². The van der Waals surface area contributed by atoms with Crippen LogP contribution in [0.25, 0.3) is 0 Å². The monoisotopic (exact) mass is 442 g/mol. The Bertz CT molecular complexity index is 942. The molecule has 0 aromatic heterocycles. The average Bonchev–Trinajstić information content (AvgIpc) is 2.76. The largest absolute Gasteiger partial charge is 0.490 e. The summed E-state index contributed by atoms with van der Waals surface area (Å²) in [5.74, 6) is 0.963. The van der Waals surface area contributed by atoms with E-state index < -0.39 is 4.92 Å². The molecular weight excluding hydrogens is 416 g/mol. The Hall–Kier alpha value is -3.09. The minimum Gasteiger partial charge on any atom is -0.490 e. The molecule has 0 saturated heterocycles. The van der Waals surface area contributed by atoms with Crippen LogP contribution in [0.2, 0.25) is 0 Å². The minimum atomic E-state index is -0.473. The van der Waals surface area contributed by atoms with E-state index >= 15 is 0 Å². The van der Waals surface area contributed by atoms with Crippen LogP contribution in [-0.2, 0) is 17.1 Å². The van der Waals surface area contributed by atoms with E-state index in [0.717, 1.165) is 17.7 Å². The van der Waals surface area contributed by atoms with E-state index in [4.69, 9.17) is 10.00 Å². The molecule has 9 heteroatoms. The molecule has 31 heavy (non-hydrogen) atoms. The summed E-state index contributed by atoms with van der Waals surface area (Å²) >= 11 is 1.42. The van der Waals surface area contributed by atoms with Crippen molar-refractivity contribution in [1.82, 2.24) is 9.80 Å². The van der Waals surface area contributed by atoms with Crippen molar-refractivity contribution in [2.24, 2.45) is 0 Å². The summed E-state index contributed by atoms with van der Waals surface area (Å²) in [4.78, 5) is 27.4. The molecule has 0 aliphatic heterocycles. The molecule has 0 atom stereocenters. The lowest BCUT2D eigenvalue weighted by atomic mass is 10.1. The fourth-order valence-corrected chi connectivity index (χ4v) is 3.71. The van der Waals surface area contributed by atoms with Gasteiger partial charge in [0, 0.05) is 31.5 Å². The number of rotatable bonds is 11. The Kier molecular flexibility index (Phi) is 9.31. The van der Waals surface area contributed by atoms with Crippen LogP contribution < -0.4 is 4.74 Å². The maximum atomic E-state index is 12.9. The number of amides is 1. The summed E-state index contributed by atoms with van der Waals surface area (Å²) in [6.07, 6.45) is 0. The number of hydrogen-bond acceptors (Lipinski definition) is 7. The predicted octanol–water partition coefficient (Wildman–Crippen LogP) is 3.30. The lowest BCUT2D eigenvalue weighted by Crippen LogP contribution is -2.37. The van der Waals surface area contributed by atoms with Gasteiger partial charge in [0.2, 0.25) is 5.91 Å². The van der Waals surface area contributed by atoms with E-state index in [1.54, 1.807) is 29.2 Å². The average molecular weight is 443 g/mol. The molecule has 0 fully saturated rings. The highest BCUT2D eigenvalue weighted by atomic mass is 32.2. The van der Waals surface area contributed by atoms with Gasteiger partial charge in [-0.1, -0.05) is 18.2 Å². The van der Waals surface area contributed by atoms with E-state index in [1.807, 2.05) is 31.1 Å². The molecule has 0 N–H and O–H groups in total. The number of benzene rings is 2. The molecule has 0 saturated carbocycles. The van der Waals surface area contributed by atoms with Gasteiger partial charge in [-0.05, 0) is 43.4 Å². The Morgan fingerprint density at radius 2 is 1.84 bits per heavy atom. The highest BCUT2D eigenvalue weighted by Gasteiger charge is 2.17. The van der Waals surface area contributed by atoms with Crippen molar-refractivity contribution in [2.75, 3.05) is 40.0 Å². The lowest BCUT2D eigenvalue weighted by Gasteiger charge is -2.24. The summed E-state index contributed by atoms with van der Waals surface area (Å²) in [7, 11) is 5.30. The van der Waals surface area contributed by atoms with Gasteiger partial charge in [-0.25, -0.2) is 0 Å². The number of nitrogens with zero attached hydrogens (tertiary/aromatic N) is 4. The molecule has 0 unspecified atom stereocenters. The van der Waals surface area contributed by atoms with E-state index in [2.05, 4.69) is 6.07 Å². The number of nitro benzene ring substituents is 1. The number of nitriles is 1. The molecule has 2 aromatic carbocycles.